The lowest BCUT2D eigenvalue weighted by Gasteiger charge is -2.32. The van der Waals surface area contributed by atoms with E-state index in [2.05, 4.69) is 5.16 Å². The molecular formula is C13H16F3N3O. The molecule has 0 aliphatic carbocycles. The van der Waals surface area contributed by atoms with E-state index in [1.807, 2.05) is 24.3 Å². The van der Waals surface area contributed by atoms with Crippen molar-refractivity contribution in [1.82, 2.24) is 4.90 Å². The summed E-state index contributed by atoms with van der Waals surface area (Å²) in [4.78, 5) is 1.68. The fourth-order valence-electron chi connectivity index (χ4n) is 2.40. The molecule has 110 valence electrons. The van der Waals surface area contributed by atoms with Gasteiger partial charge >= 0.3 is 6.18 Å². The van der Waals surface area contributed by atoms with Crippen LogP contribution in [0.2, 0.25) is 0 Å². The third-order valence-corrected chi connectivity index (χ3v) is 3.52. The largest absolute Gasteiger partial charge is 0.409 e. The minimum Gasteiger partial charge on any atom is -0.409 e. The summed E-state index contributed by atoms with van der Waals surface area (Å²) in [5.74, 6) is -2.74. The van der Waals surface area contributed by atoms with Crippen LogP contribution in [0.1, 0.15) is 11.1 Å². The van der Waals surface area contributed by atoms with Gasteiger partial charge in [0.05, 0.1) is 0 Å². The van der Waals surface area contributed by atoms with E-state index in [0.29, 0.717) is 19.5 Å². The average molecular weight is 287 g/mol. The highest BCUT2D eigenvalue weighted by molar-refractivity contribution is 5.83. The Morgan fingerprint density at radius 2 is 2.00 bits per heavy atom. The molecule has 0 radical (unpaired) electrons. The van der Waals surface area contributed by atoms with Crippen LogP contribution < -0.4 is 5.73 Å². The van der Waals surface area contributed by atoms with Gasteiger partial charge in [-0.2, -0.15) is 13.2 Å². The molecule has 1 aromatic rings. The smallest absolute Gasteiger partial charge is 0.400 e. The van der Waals surface area contributed by atoms with Gasteiger partial charge in [-0.1, -0.05) is 29.4 Å². The second-order valence-corrected chi connectivity index (χ2v) is 4.87. The SMILES string of the molecule is N/C(=N/O)C(CN1CCc2ccccc2C1)C(F)(F)F. The Labute approximate surface area is 114 Å². The molecule has 7 heteroatoms. The molecule has 1 aliphatic heterocycles. The molecule has 0 spiro atoms. The normalized spacial score (nSPS) is 18.6. The van der Waals surface area contributed by atoms with E-state index in [-0.39, 0.29) is 6.54 Å². The second kappa shape index (κ2) is 5.70. The standard InChI is InChI=1S/C13H16F3N3O/c14-13(15,16)11(12(17)18-20)8-19-6-5-9-3-1-2-4-10(9)7-19/h1-4,11,20H,5-8H2,(H2,17,18). The van der Waals surface area contributed by atoms with E-state index in [9.17, 15) is 13.2 Å². The van der Waals surface area contributed by atoms with E-state index in [4.69, 9.17) is 10.9 Å². The van der Waals surface area contributed by atoms with Gasteiger partial charge < -0.3 is 10.9 Å². The van der Waals surface area contributed by atoms with Crippen molar-refractivity contribution in [2.24, 2.45) is 16.8 Å². The predicted octanol–water partition coefficient (Wildman–Crippen LogP) is 1.97. The van der Waals surface area contributed by atoms with Gasteiger partial charge in [0.25, 0.3) is 0 Å². The monoisotopic (exact) mass is 287 g/mol. The molecule has 1 heterocycles. The van der Waals surface area contributed by atoms with Gasteiger partial charge in [-0.25, -0.2) is 0 Å². The van der Waals surface area contributed by atoms with Crippen molar-refractivity contribution in [2.75, 3.05) is 13.1 Å². The molecular weight excluding hydrogens is 271 g/mol. The molecule has 2 rings (SSSR count). The minimum absolute atomic E-state index is 0.298. The Hall–Kier alpha value is -1.76. The fraction of sp³-hybridized carbons (Fsp3) is 0.462. The number of benzene rings is 1. The molecule has 1 atom stereocenters. The van der Waals surface area contributed by atoms with E-state index in [1.165, 1.54) is 0 Å². The van der Waals surface area contributed by atoms with Crippen LogP contribution in [-0.2, 0) is 13.0 Å². The molecule has 0 bridgehead atoms. The summed E-state index contributed by atoms with van der Waals surface area (Å²) < 4.78 is 38.7. The van der Waals surface area contributed by atoms with Crippen molar-refractivity contribution < 1.29 is 18.4 Å². The van der Waals surface area contributed by atoms with Crippen molar-refractivity contribution in [1.29, 1.82) is 0 Å². The first-order valence-corrected chi connectivity index (χ1v) is 6.25. The number of hydrogen-bond acceptors (Lipinski definition) is 3. The summed E-state index contributed by atoms with van der Waals surface area (Å²) in [7, 11) is 0. The molecule has 0 amide bonds. The van der Waals surface area contributed by atoms with Crippen molar-refractivity contribution in [2.45, 2.75) is 19.1 Å². The number of amidine groups is 1. The fourth-order valence-corrected chi connectivity index (χ4v) is 2.40. The lowest BCUT2D eigenvalue weighted by Crippen LogP contribution is -2.45. The zero-order valence-electron chi connectivity index (χ0n) is 10.8. The molecule has 3 N–H and O–H groups in total. The summed E-state index contributed by atoms with van der Waals surface area (Å²) in [5, 5.41) is 11.0. The van der Waals surface area contributed by atoms with Crippen LogP contribution in [0.25, 0.3) is 0 Å². The lowest BCUT2D eigenvalue weighted by atomic mass is 9.98. The molecule has 0 fully saturated rings. The number of oxime groups is 1. The summed E-state index contributed by atoms with van der Waals surface area (Å²) in [5.41, 5.74) is 7.36. The first-order chi connectivity index (χ1) is 9.41. The third kappa shape index (κ3) is 3.22. The molecule has 0 aromatic heterocycles. The Kier molecular flexibility index (Phi) is 4.17. The Morgan fingerprint density at radius 1 is 1.35 bits per heavy atom. The van der Waals surface area contributed by atoms with Gasteiger partial charge in [0.1, 0.15) is 5.92 Å². The molecule has 0 saturated carbocycles. The average Bonchev–Trinajstić information content (AvgIpc) is 2.42. The summed E-state index contributed by atoms with van der Waals surface area (Å²) in [6, 6.07) is 7.68. The van der Waals surface area contributed by atoms with E-state index >= 15 is 0 Å². The number of fused-ring (bicyclic) bond motifs is 1. The number of nitrogens with zero attached hydrogens (tertiary/aromatic N) is 2. The quantitative estimate of drug-likeness (QED) is 0.387. The first-order valence-electron chi connectivity index (χ1n) is 6.25. The van der Waals surface area contributed by atoms with Gasteiger partial charge in [-0.05, 0) is 17.5 Å². The van der Waals surface area contributed by atoms with Crippen LogP contribution in [0, 0.1) is 5.92 Å². The summed E-state index contributed by atoms with van der Waals surface area (Å²) in [6.45, 7) is 0.678. The van der Waals surface area contributed by atoms with Crippen LogP contribution in [0.4, 0.5) is 13.2 Å². The second-order valence-electron chi connectivity index (χ2n) is 4.87. The summed E-state index contributed by atoms with van der Waals surface area (Å²) in [6.07, 6.45) is -3.82. The maximum Gasteiger partial charge on any atom is 0.400 e. The van der Waals surface area contributed by atoms with Gasteiger partial charge in [-0.15, -0.1) is 0 Å². The number of rotatable bonds is 3. The van der Waals surface area contributed by atoms with Crippen molar-refractivity contribution in [3.8, 4) is 0 Å². The van der Waals surface area contributed by atoms with Crippen LogP contribution in [0.3, 0.4) is 0 Å². The number of alkyl halides is 3. The highest BCUT2D eigenvalue weighted by Crippen LogP contribution is 2.29. The molecule has 1 aromatic carbocycles. The topological polar surface area (TPSA) is 61.9 Å². The van der Waals surface area contributed by atoms with Crippen LogP contribution in [0.5, 0.6) is 0 Å². The summed E-state index contributed by atoms with van der Waals surface area (Å²) >= 11 is 0. The van der Waals surface area contributed by atoms with Gasteiger partial charge in [0, 0.05) is 19.6 Å². The zero-order chi connectivity index (χ0) is 14.8. The highest BCUT2D eigenvalue weighted by atomic mass is 19.4. The Morgan fingerprint density at radius 3 is 2.60 bits per heavy atom. The van der Waals surface area contributed by atoms with Gasteiger partial charge in [0.2, 0.25) is 0 Å². The molecule has 1 aliphatic rings. The molecule has 4 nitrogen and oxygen atoms in total. The predicted molar refractivity (Wildman–Crippen MR) is 68.4 cm³/mol. The Bertz CT molecular complexity index is 502. The molecule has 1 unspecified atom stereocenters. The van der Waals surface area contributed by atoms with E-state index in [1.54, 1.807) is 4.90 Å². The van der Waals surface area contributed by atoms with Crippen LogP contribution in [0.15, 0.2) is 29.4 Å². The minimum atomic E-state index is -4.52. The number of nitrogens with two attached hydrogens (primary N) is 1. The van der Waals surface area contributed by atoms with E-state index < -0.39 is 17.9 Å². The van der Waals surface area contributed by atoms with Crippen molar-refractivity contribution in [3.63, 3.8) is 0 Å². The van der Waals surface area contributed by atoms with Crippen LogP contribution in [-0.4, -0.2) is 35.2 Å². The molecule has 0 saturated heterocycles. The van der Waals surface area contributed by atoms with Gasteiger partial charge in [0.15, 0.2) is 5.84 Å². The first kappa shape index (κ1) is 14.6. The molecule has 20 heavy (non-hydrogen) atoms. The number of hydrogen-bond donors (Lipinski definition) is 2. The van der Waals surface area contributed by atoms with Gasteiger partial charge in [-0.3, -0.25) is 4.90 Å². The van der Waals surface area contributed by atoms with E-state index in [0.717, 1.165) is 11.1 Å². The Balaban J connectivity index is 2.10. The maximum atomic E-state index is 12.9. The van der Waals surface area contributed by atoms with Crippen LogP contribution >= 0.6 is 0 Å². The maximum absolute atomic E-state index is 12.9. The van der Waals surface area contributed by atoms with Crippen molar-refractivity contribution in [3.05, 3.63) is 35.4 Å². The van der Waals surface area contributed by atoms with Crippen molar-refractivity contribution >= 4 is 5.84 Å². The third-order valence-electron chi connectivity index (χ3n) is 3.52. The zero-order valence-corrected chi connectivity index (χ0v) is 10.8. The number of halogens is 3. The lowest BCUT2D eigenvalue weighted by molar-refractivity contribution is -0.160. The highest BCUT2D eigenvalue weighted by Gasteiger charge is 2.43.